The quantitative estimate of drug-likeness (QED) is 0.831. The van der Waals surface area contributed by atoms with Crippen LogP contribution in [0.3, 0.4) is 0 Å². The highest BCUT2D eigenvalue weighted by molar-refractivity contribution is 5.75. The van der Waals surface area contributed by atoms with Crippen LogP contribution in [0, 0.1) is 11.8 Å². The van der Waals surface area contributed by atoms with Crippen molar-refractivity contribution in [2.24, 2.45) is 0 Å². The van der Waals surface area contributed by atoms with Gasteiger partial charge >= 0.3 is 0 Å². The van der Waals surface area contributed by atoms with Crippen LogP contribution in [-0.2, 0) is 4.79 Å². The molecule has 1 radical (unpaired) electrons. The lowest BCUT2D eigenvalue weighted by Gasteiger charge is -2.02. The molecule has 93 valence electrons. The van der Waals surface area contributed by atoms with E-state index in [-0.39, 0.29) is 0 Å². The van der Waals surface area contributed by atoms with E-state index < -0.39 is 6.10 Å². The van der Waals surface area contributed by atoms with E-state index in [1.54, 1.807) is 31.2 Å². The Balaban J connectivity index is 2.16. The molecule has 0 saturated carbocycles. The summed E-state index contributed by atoms with van der Waals surface area (Å²) in [5, 5.41) is 9.40. The van der Waals surface area contributed by atoms with Crippen molar-refractivity contribution < 1.29 is 9.90 Å². The fraction of sp³-hybridized carbons (Fsp3) is 0.118. The first kappa shape index (κ1) is 13.1. The highest BCUT2D eigenvalue weighted by atomic mass is 16.3. The predicted octanol–water partition coefficient (Wildman–Crippen LogP) is 2.60. The Morgan fingerprint density at radius 2 is 1.26 bits per heavy atom. The summed E-state index contributed by atoms with van der Waals surface area (Å²) in [5.41, 5.74) is 3.12. The third-order valence-corrected chi connectivity index (χ3v) is 2.75. The molecule has 0 fully saturated rings. The summed E-state index contributed by atoms with van der Waals surface area (Å²) in [6.07, 6.45) is 1.36. The van der Waals surface area contributed by atoms with E-state index in [4.69, 9.17) is 0 Å². The van der Waals surface area contributed by atoms with Crippen molar-refractivity contribution in [2.75, 3.05) is 0 Å². The molecule has 0 saturated heterocycles. The molecular formula is C17H13O2. The van der Waals surface area contributed by atoms with Gasteiger partial charge in [-0.15, -0.1) is 0 Å². The standard InChI is InChI=1S/C17H13O2/c1-13(19)17-10-8-15(9-11-17)3-2-14-4-6-16(12-18)7-5-14/h4-11,13,19H,1H3/t13-/m0/s1. The molecule has 1 N–H and O–H groups in total. The van der Waals surface area contributed by atoms with Crippen LogP contribution in [0.1, 0.15) is 35.3 Å². The molecule has 0 spiro atoms. The van der Waals surface area contributed by atoms with Gasteiger partial charge in [-0.1, -0.05) is 24.0 Å². The number of hydrogen-bond donors (Lipinski definition) is 1. The third-order valence-electron chi connectivity index (χ3n) is 2.75. The summed E-state index contributed by atoms with van der Waals surface area (Å²) in [5.74, 6) is 6.05. The van der Waals surface area contributed by atoms with Crippen LogP contribution in [0.5, 0.6) is 0 Å². The van der Waals surface area contributed by atoms with Crippen LogP contribution in [-0.4, -0.2) is 11.4 Å². The second kappa shape index (κ2) is 5.99. The van der Waals surface area contributed by atoms with Gasteiger partial charge in [-0.3, -0.25) is 4.79 Å². The summed E-state index contributed by atoms with van der Waals surface area (Å²) in [6.45, 7) is 1.73. The first-order valence-electron chi connectivity index (χ1n) is 5.97. The molecule has 0 bridgehead atoms. The zero-order valence-electron chi connectivity index (χ0n) is 10.6. The summed E-state index contributed by atoms with van der Waals surface area (Å²) >= 11 is 0. The van der Waals surface area contributed by atoms with Gasteiger partial charge < -0.3 is 5.11 Å². The molecule has 0 aliphatic carbocycles. The van der Waals surface area contributed by atoms with Crippen LogP contribution in [0.15, 0.2) is 48.5 Å². The molecule has 1 atom stereocenters. The lowest BCUT2D eigenvalue weighted by atomic mass is 10.1. The van der Waals surface area contributed by atoms with E-state index in [1.165, 1.54) is 0 Å². The lowest BCUT2D eigenvalue weighted by molar-refractivity contribution is 0.199. The normalized spacial score (nSPS) is 11.3. The van der Waals surface area contributed by atoms with Crippen LogP contribution < -0.4 is 0 Å². The first-order valence-corrected chi connectivity index (χ1v) is 5.97. The van der Waals surface area contributed by atoms with Gasteiger partial charge in [0.25, 0.3) is 0 Å². The van der Waals surface area contributed by atoms with Gasteiger partial charge in [0.05, 0.1) is 6.10 Å². The van der Waals surface area contributed by atoms with Crippen molar-refractivity contribution in [3.8, 4) is 11.8 Å². The second-order valence-corrected chi connectivity index (χ2v) is 4.23. The van der Waals surface area contributed by atoms with Gasteiger partial charge in [0, 0.05) is 16.7 Å². The molecule has 0 unspecified atom stereocenters. The average Bonchev–Trinajstić information content (AvgIpc) is 2.46. The van der Waals surface area contributed by atoms with E-state index in [0.29, 0.717) is 5.56 Å². The Morgan fingerprint density at radius 1 is 0.842 bits per heavy atom. The highest BCUT2D eigenvalue weighted by Gasteiger charge is 1.98. The average molecular weight is 249 g/mol. The fourth-order valence-electron chi connectivity index (χ4n) is 1.61. The van der Waals surface area contributed by atoms with Crippen molar-refractivity contribution in [3.63, 3.8) is 0 Å². The molecule has 2 aromatic rings. The SMILES string of the molecule is C[C@H](O)c1ccc(C#Cc2ccc([C]=O)cc2)cc1. The number of aliphatic hydroxyl groups excluding tert-OH is 1. The summed E-state index contributed by atoms with van der Waals surface area (Å²) < 4.78 is 0. The van der Waals surface area contributed by atoms with Crippen molar-refractivity contribution >= 4 is 6.29 Å². The van der Waals surface area contributed by atoms with Crippen LogP contribution in [0.2, 0.25) is 0 Å². The highest BCUT2D eigenvalue weighted by Crippen LogP contribution is 2.12. The minimum absolute atomic E-state index is 0.464. The lowest BCUT2D eigenvalue weighted by Crippen LogP contribution is -1.89. The van der Waals surface area contributed by atoms with E-state index in [2.05, 4.69) is 11.8 Å². The van der Waals surface area contributed by atoms with E-state index in [9.17, 15) is 9.90 Å². The minimum Gasteiger partial charge on any atom is -0.389 e. The fourth-order valence-corrected chi connectivity index (χ4v) is 1.61. The molecule has 19 heavy (non-hydrogen) atoms. The van der Waals surface area contributed by atoms with Crippen molar-refractivity contribution in [1.82, 2.24) is 0 Å². The maximum atomic E-state index is 10.4. The van der Waals surface area contributed by atoms with Gasteiger partial charge in [-0.05, 0) is 48.9 Å². The van der Waals surface area contributed by atoms with E-state index >= 15 is 0 Å². The number of hydrogen-bond acceptors (Lipinski definition) is 2. The maximum absolute atomic E-state index is 10.4. The molecular weight excluding hydrogens is 236 g/mol. The Morgan fingerprint density at radius 3 is 1.68 bits per heavy atom. The molecule has 0 amide bonds. The van der Waals surface area contributed by atoms with Gasteiger partial charge in [0.15, 0.2) is 0 Å². The van der Waals surface area contributed by atoms with Crippen LogP contribution in [0.4, 0.5) is 0 Å². The molecule has 0 aliphatic heterocycles. The Labute approximate surface area is 112 Å². The molecule has 0 aliphatic rings. The molecule has 0 aromatic heterocycles. The van der Waals surface area contributed by atoms with Gasteiger partial charge in [0.1, 0.15) is 0 Å². The monoisotopic (exact) mass is 249 g/mol. The topological polar surface area (TPSA) is 37.3 Å². The van der Waals surface area contributed by atoms with E-state index in [1.807, 2.05) is 30.6 Å². The summed E-state index contributed by atoms with van der Waals surface area (Å²) in [7, 11) is 0. The largest absolute Gasteiger partial charge is 0.389 e. The van der Waals surface area contributed by atoms with Crippen molar-refractivity contribution in [3.05, 3.63) is 70.8 Å². The van der Waals surface area contributed by atoms with Crippen molar-refractivity contribution in [2.45, 2.75) is 13.0 Å². The number of rotatable bonds is 2. The van der Waals surface area contributed by atoms with Crippen LogP contribution >= 0.6 is 0 Å². The van der Waals surface area contributed by atoms with Gasteiger partial charge in [-0.25, -0.2) is 0 Å². The van der Waals surface area contributed by atoms with E-state index in [0.717, 1.165) is 16.7 Å². The molecule has 2 heteroatoms. The van der Waals surface area contributed by atoms with Crippen LogP contribution in [0.25, 0.3) is 0 Å². The molecule has 2 nitrogen and oxygen atoms in total. The number of carbonyl (C=O) groups excluding carboxylic acids is 1. The smallest absolute Gasteiger partial charge is 0.233 e. The summed E-state index contributed by atoms with van der Waals surface area (Å²) in [4.78, 5) is 10.4. The first-order chi connectivity index (χ1) is 9.19. The number of benzene rings is 2. The van der Waals surface area contributed by atoms with Gasteiger partial charge in [0.2, 0.25) is 6.29 Å². The van der Waals surface area contributed by atoms with Gasteiger partial charge in [-0.2, -0.15) is 0 Å². The number of aliphatic hydroxyl groups is 1. The Kier molecular flexibility index (Phi) is 4.12. The Hall–Kier alpha value is -2.37. The molecule has 0 heterocycles. The van der Waals surface area contributed by atoms with Crippen molar-refractivity contribution in [1.29, 1.82) is 0 Å². The predicted molar refractivity (Wildman–Crippen MR) is 74.3 cm³/mol. The molecule has 2 rings (SSSR count). The summed E-state index contributed by atoms with van der Waals surface area (Å²) in [6, 6.07) is 14.4. The second-order valence-electron chi connectivity index (χ2n) is 4.23. The zero-order chi connectivity index (χ0) is 13.7. The Bertz CT molecular complexity index is 611. The third kappa shape index (κ3) is 3.54. The maximum Gasteiger partial charge on any atom is 0.233 e. The molecule has 2 aromatic carbocycles. The zero-order valence-corrected chi connectivity index (χ0v) is 10.6. The minimum atomic E-state index is -0.464.